The number of anilines is 1. The number of amides is 1. The molecule has 1 amide bonds. The van der Waals surface area contributed by atoms with Gasteiger partial charge < -0.3 is 10.6 Å². The van der Waals surface area contributed by atoms with Gasteiger partial charge in [0, 0.05) is 17.2 Å². The van der Waals surface area contributed by atoms with Gasteiger partial charge in [0.1, 0.15) is 5.82 Å². The molecule has 122 valence electrons. The Kier molecular flexibility index (Phi) is 4.63. The molecule has 1 aromatic carbocycles. The van der Waals surface area contributed by atoms with E-state index in [0.717, 1.165) is 42.3 Å². The Balaban J connectivity index is 0.00000156. The van der Waals surface area contributed by atoms with Crippen LogP contribution < -0.4 is 10.6 Å². The van der Waals surface area contributed by atoms with Gasteiger partial charge in [0.25, 0.3) is 0 Å². The second kappa shape index (κ2) is 6.68. The first-order chi connectivity index (χ1) is 10.8. The van der Waals surface area contributed by atoms with Crippen molar-refractivity contribution in [2.24, 2.45) is 0 Å². The number of carbonyl (C=O) groups excluding carboxylic acids is 1. The predicted octanol–water partition coefficient (Wildman–Crippen LogP) is 2.46. The summed E-state index contributed by atoms with van der Waals surface area (Å²) in [4.78, 5) is 16.6. The topological polar surface area (TPSA) is 82.7 Å². The molecule has 6 nitrogen and oxygen atoms in total. The van der Waals surface area contributed by atoms with Gasteiger partial charge in [-0.25, -0.2) is 4.98 Å². The number of halogens is 1. The van der Waals surface area contributed by atoms with Gasteiger partial charge in [0.05, 0.1) is 6.04 Å². The number of nitrogens with zero attached hydrogens (tertiary/aromatic N) is 2. The molecule has 1 saturated carbocycles. The first-order valence-corrected chi connectivity index (χ1v) is 7.86. The third-order valence-electron chi connectivity index (χ3n) is 4.25. The van der Waals surface area contributed by atoms with E-state index in [2.05, 4.69) is 25.8 Å². The minimum Gasteiger partial charge on any atom is -0.325 e. The summed E-state index contributed by atoms with van der Waals surface area (Å²) in [6.45, 7) is 0.922. The van der Waals surface area contributed by atoms with E-state index in [0.29, 0.717) is 5.92 Å². The molecule has 1 aromatic heterocycles. The molecule has 1 aliphatic carbocycles. The monoisotopic (exact) mass is 333 g/mol. The van der Waals surface area contributed by atoms with Crippen LogP contribution in [-0.4, -0.2) is 33.7 Å². The van der Waals surface area contributed by atoms with E-state index in [4.69, 9.17) is 0 Å². The molecule has 2 heterocycles. The maximum absolute atomic E-state index is 12.1. The Morgan fingerprint density at radius 1 is 1.17 bits per heavy atom. The molecule has 4 rings (SSSR count). The Labute approximate surface area is 140 Å². The molecule has 7 heteroatoms. The average Bonchev–Trinajstić information content (AvgIpc) is 3.05. The predicted molar refractivity (Wildman–Crippen MR) is 90.7 cm³/mol. The number of aromatic nitrogens is 3. The standard InChI is InChI=1S/C16H19N5O.ClH/c22-16(13-2-1-9-17-13)18-12-7-5-11(6-8-12)15-19-14(20-21-15)10-3-4-10;/h5-8,10,13,17H,1-4,9H2,(H,18,22)(H,19,20,21);1H. The summed E-state index contributed by atoms with van der Waals surface area (Å²) in [5, 5.41) is 13.4. The second-order valence-electron chi connectivity index (χ2n) is 6.03. The van der Waals surface area contributed by atoms with Gasteiger partial charge in [-0.05, 0) is 56.5 Å². The Hall–Kier alpha value is -1.92. The third kappa shape index (κ3) is 3.54. The first-order valence-electron chi connectivity index (χ1n) is 7.86. The molecule has 1 atom stereocenters. The van der Waals surface area contributed by atoms with Crippen molar-refractivity contribution in [3.8, 4) is 11.4 Å². The van der Waals surface area contributed by atoms with Crippen molar-refractivity contribution in [3.05, 3.63) is 30.1 Å². The normalized spacial score (nSPS) is 20.1. The van der Waals surface area contributed by atoms with Gasteiger partial charge in [-0.1, -0.05) is 0 Å². The van der Waals surface area contributed by atoms with Crippen LogP contribution in [0.5, 0.6) is 0 Å². The Morgan fingerprint density at radius 2 is 1.96 bits per heavy atom. The molecule has 2 aliphatic rings. The maximum Gasteiger partial charge on any atom is 0.241 e. The third-order valence-corrected chi connectivity index (χ3v) is 4.25. The van der Waals surface area contributed by atoms with Crippen LogP contribution in [0.3, 0.4) is 0 Å². The van der Waals surface area contributed by atoms with Crippen molar-refractivity contribution < 1.29 is 4.79 Å². The molecule has 0 bridgehead atoms. The summed E-state index contributed by atoms with van der Waals surface area (Å²) in [7, 11) is 0. The summed E-state index contributed by atoms with van der Waals surface area (Å²) in [5.41, 5.74) is 1.76. The van der Waals surface area contributed by atoms with E-state index in [9.17, 15) is 4.79 Å². The molecule has 0 spiro atoms. The van der Waals surface area contributed by atoms with Crippen molar-refractivity contribution in [3.63, 3.8) is 0 Å². The van der Waals surface area contributed by atoms with E-state index in [-0.39, 0.29) is 24.4 Å². The maximum atomic E-state index is 12.1. The zero-order valence-electron chi connectivity index (χ0n) is 12.7. The molecule has 1 unspecified atom stereocenters. The summed E-state index contributed by atoms with van der Waals surface area (Å²) < 4.78 is 0. The molecule has 0 radical (unpaired) electrons. The average molecular weight is 334 g/mol. The minimum absolute atomic E-state index is 0. The highest BCUT2D eigenvalue weighted by molar-refractivity contribution is 5.95. The number of aromatic amines is 1. The van der Waals surface area contributed by atoms with Crippen molar-refractivity contribution in [2.45, 2.75) is 37.6 Å². The fourth-order valence-electron chi connectivity index (χ4n) is 2.78. The number of hydrogen-bond donors (Lipinski definition) is 3. The van der Waals surface area contributed by atoms with Gasteiger partial charge >= 0.3 is 0 Å². The fraction of sp³-hybridized carbons (Fsp3) is 0.438. The lowest BCUT2D eigenvalue weighted by molar-refractivity contribution is -0.117. The summed E-state index contributed by atoms with van der Waals surface area (Å²) >= 11 is 0. The number of H-pyrrole nitrogens is 1. The number of nitrogens with one attached hydrogen (secondary N) is 3. The zero-order chi connectivity index (χ0) is 14.9. The quantitative estimate of drug-likeness (QED) is 0.802. The van der Waals surface area contributed by atoms with Crippen molar-refractivity contribution in [1.29, 1.82) is 0 Å². The van der Waals surface area contributed by atoms with Crippen molar-refractivity contribution in [2.75, 3.05) is 11.9 Å². The lowest BCUT2D eigenvalue weighted by Gasteiger charge is -2.11. The molecule has 1 saturated heterocycles. The number of benzene rings is 1. The van der Waals surface area contributed by atoms with Gasteiger partial charge in [0.15, 0.2) is 5.82 Å². The minimum atomic E-state index is -0.0613. The van der Waals surface area contributed by atoms with Gasteiger partial charge in [-0.3, -0.25) is 9.89 Å². The number of hydrogen-bond acceptors (Lipinski definition) is 4. The lowest BCUT2D eigenvalue weighted by atomic mass is 10.1. The van der Waals surface area contributed by atoms with Crippen LogP contribution in [0.15, 0.2) is 24.3 Å². The van der Waals surface area contributed by atoms with E-state index in [1.54, 1.807) is 0 Å². The molecule has 3 N–H and O–H groups in total. The van der Waals surface area contributed by atoms with Crippen LogP contribution in [0.25, 0.3) is 11.4 Å². The van der Waals surface area contributed by atoms with Gasteiger partial charge in [0.2, 0.25) is 5.91 Å². The Bertz CT molecular complexity index is 674. The van der Waals surface area contributed by atoms with Crippen molar-refractivity contribution in [1.82, 2.24) is 20.5 Å². The number of rotatable bonds is 4. The molecule has 2 aromatic rings. The van der Waals surface area contributed by atoms with Crippen LogP contribution in [0, 0.1) is 0 Å². The summed E-state index contributed by atoms with van der Waals surface area (Å²) in [5.74, 6) is 2.31. The van der Waals surface area contributed by atoms with Crippen molar-refractivity contribution >= 4 is 24.0 Å². The van der Waals surface area contributed by atoms with Crippen LogP contribution in [0.2, 0.25) is 0 Å². The van der Waals surface area contributed by atoms with E-state index in [1.807, 2.05) is 24.3 Å². The largest absolute Gasteiger partial charge is 0.325 e. The molecular formula is C16H20ClN5O. The smallest absolute Gasteiger partial charge is 0.241 e. The van der Waals surface area contributed by atoms with Gasteiger partial charge in [-0.2, -0.15) is 5.10 Å². The van der Waals surface area contributed by atoms with Crippen LogP contribution >= 0.6 is 12.4 Å². The molecule has 1 aliphatic heterocycles. The highest BCUT2D eigenvalue weighted by Crippen LogP contribution is 2.38. The molecular weight excluding hydrogens is 314 g/mol. The van der Waals surface area contributed by atoms with E-state index in [1.165, 1.54) is 12.8 Å². The number of carbonyl (C=O) groups is 1. The lowest BCUT2D eigenvalue weighted by Crippen LogP contribution is -2.35. The first kappa shape index (κ1) is 16.0. The van der Waals surface area contributed by atoms with E-state index < -0.39 is 0 Å². The molecule has 2 fully saturated rings. The van der Waals surface area contributed by atoms with Crippen LogP contribution in [0.4, 0.5) is 5.69 Å². The highest BCUT2D eigenvalue weighted by atomic mass is 35.5. The summed E-state index contributed by atoms with van der Waals surface area (Å²) in [6.07, 6.45) is 4.37. The zero-order valence-corrected chi connectivity index (χ0v) is 13.5. The fourth-order valence-corrected chi connectivity index (χ4v) is 2.78. The van der Waals surface area contributed by atoms with Gasteiger partial charge in [-0.15, -0.1) is 12.4 Å². The second-order valence-corrected chi connectivity index (χ2v) is 6.03. The van der Waals surface area contributed by atoms with Crippen LogP contribution in [0.1, 0.15) is 37.4 Å². The van der Waals surface area contributed by atoms with Crippen LogP contribution in [-0.2, 0) is 4.79 Å². The highest BCUT2D eigenvalue weighted by Gasteiger charge is 2.27. The summed E-state index contributed by atoms with van der Waals surface area (Å²) in [6, 6.07) is 7.62. The SMILES string of the molecule is Cl.O=C(Nc1ccc(-c2n[nH]c(C3CC3)n2)cc1)C1CCCN1. The Morgan fingerprint density at radius 3 is 2.61 bits per heavy atom. The molecule has 23 heavy (non-hydrogen) atoms. The van der Waals surface area contributed by atoms with E-state index >= 15 is 0 Å².